The van der Waals surface area contributed by atoms with Crippen molar-refractivity contribution in [2.45, 2.75) is 69.2 Å². The number of nitrogens with two attached hydrogens (primary N) is 1. The van der Waals surface area contributed by atoms with Crippen LogP contribution in [-0.2, 0) is 46.3 Å². The number of ether oxygens (including phenoxy) is 2. The summed E-state index contributed by atoms with van der Waals surface area (Å²) in [4.78, 5) is 68.1. The van der Waals surface area contributed by atoms with E-state index in [0.717, 1.165) is 11.1 Å². The summed E-state index contributed by atoms with van der Waals surface area (Å²) < 4.78 is 10.9. The van der Waals surface area contributed by atoms with Gasteiger partial charge >= 0.3 is 5.97 Å². The van der Waals surface area contributed by atoms with Crippen LogP contribution in [-0.4, -0.2) is 116 Å². The summed E-state index contributed by atoms with van der Waals surface area (Å²) in [5.41, 5.74) is 7.39. The smallest absolute Gasteiger partial charge is 0.304 e. The van der Waals surface area contributed by atoms with Crippen LogP contribution in [0.25, 0.3) is 0 Å². The Morgan fingerprint density at radius 2 is 1.65 bits per heavy atom. The highest BCUT2D eigenvalue weighted by molar-refractivity contribution is 6.30. The standard InChI is InChI=1S/C35H48ClN5O8/c1-22(37)33(45)39-29(20-48-4)35(47)40(2)27(17-24-10-12-26(36)13-11-24)19-31(42)38-28-21-49-15-14-30(28)41(3)34(46)25(18-32(43)44)16-23-8-6-5-7-9-23/h5-13,22,25,27-30H,14-21,37H2,1-4H3,(H,38,42)(H,39,45)(H,43,44). The van der Waals surface area contributed by atoms with E-state index in [2.05, 4.69) is 10.6 Å². The van der Waals surface area contributed by atoms with Gasteiger partial charge in [0.1, 0.15) is 6.04 Å². The first kappa shape index (κ1) is 39.4. The van der Waals surface area contributed by atoms with E-state index in [1.54, 1.807) is 26.2 Å². The van der Waals surface area contributed by atoms with Crippen molar-refractivity contribution in [2.24, 2.45) is 11.7 Å². The zero-order valence-electron chi connectivity index (χ0n) is 28.5. The van der Waals surface area contributed by atoms with Gasteiger partial charge in [-0.05, 0) is 49.4 Å². The third-order valence-electron chi connectivity index (χ3n) is 8.67. The van der Waals surface area contributed by atoms with Crippen molar-refractivity contribution in [3.8, 4) is 0 Å². The molecule has 6 atom stereocenters. The van der Waals surface area contributed by atoms with E-state index in [1.807, 2.05) is 42.5 Å². The highest BCUT2D eigenvalue weighted by Crippen LogP contribution is 2.22. The van der Waals surface area contributed by atoms with Gasteiger partial charge in [-0.2, -0.15) is 0 Å². The van der Waals surface area contributed by atoms with Crippen molar-refractivity contribution >= 4 is 41.2 Å². The lowest BCUT2D eigenvalue weighted by molar-refractivity contribution is -0.146. The van der Waals surface area contributed by atoms with Gasteiger partial charge in [-0.3, -0.25) is 24.0 Å². The molecule has 268 valence electrons. The molecule has 1 fully saturated rings. The molecule has 0 aromatic heterocycles. The minimum absolute atomic E-state index is 0.101. The number of nitrogens with zero attached hydrogens (tertiary/aromatic N) is 2. The molecule has 0 saturated carbocycles. The van der Waals surface area contributed by atoms with E-state index in [4.69, 9.17) is 26.8 Å². The molecule has 0 radical (unpaired) electrons. The number of aliphatic carboxylic acids is 1. The number of methoxy groups -OCH3 is 1. The SMILES string of the molecule is COCC(NC(=O)C(C)N)C(=O)N(C)C(CC(=O)NC1COCCC1N(C)C(=O)C(CC(=O)O)Cc1ccccc1)Cc1ccc(Cl)cc1. The molecule has 4 amide bonds. The van der Waals surface area contributed by atoms with Gasteiger partial charge in [-0.1, -0.05) is 54.1 Å². The van der Waals surface area contributed by atoms with Gasteiger partial charge in [0.05, 0.1) is 43.7 Å². The highest BCUT2D eigenvalue weighted by Gasteiger charge is 2.37. The van der Waals surface area contributed by atoms with Crippen molar-refractivity contribution in [1.82, 2.24) is 20.4 Å². The van der Waals surface area contributed by atoms with Crippen LogP contribution < -0.4 is 16.4 Å². The van der Waals surface area contributed by atoms with Gasteiger partial charge in [-0.25, -0.2) is 0 Å². The maximum atomic E-state index is 13.7. The Bertz CT molecular complexity index is 1410. The highest BCUT2D eigenvalue weighted by atomic mass is 35.5. The van der Waals surface area contributed by atoms with Crippen molar-refractivity contribution in [3.05, 3.63) is 70.7 Å². The zero-order valence-corrected chi connectivity index (χ0v) is 29.2. The molecular weight excluding hydrogens is 654 g/mol. The number of hydrogen-bond acceptors (Lipinski definition) is 8. The number of likely N-dealkylation sites (N-methyl/N-ethyl adjacent to an activating group) is 2. The van der Waals surface area contributed by atoms with Gasteiger partial charge in [0.2, 0.25) is 23.6 Å². The molecule has 1 aliphatic rings. The molecule has 1 saturated heterocycles. The second-order valence-corrected chi connectivity index (χ2v) is 12.9. The number of hydrogen-bond donors (Lipinski definition) is 4. The summed E-state index contributed by atoms with van der Waals surface area (Å²) in [6.07, 6.45) is 0.552. The fraction of sp³-hybridized carbons (Fsp3) is 0.514. The Kier molecular flexibility index (Phi) is 15.5. The molecule has 6 unspecified atom stereocenters. The Morgan fingerprint density at radius 3 is 2.27 bits per heavy atom. The fourth-order valence-corrected chi connectivity index (χ4v) is 6.05. The lowest BCUT2D eigenvalue weighted by Crippen LogP contribution is -2.59. The van der Waals surface area contributed by atoms with Gasteiger partial charge < -0.3 is 40.7 Å². The molecule has 13 nitrogen and oxygen atoms in total. The third-order valence-corrected chi connectivity index (χ3v) is 8.92. The number of carbonyl (C=O) groups excluding carboxylic acids is 4. The van der Waals surface area contributed by atoms with E-state index >= 15 is 0 Å². The summed E-state index contributed by atoms with van der Waals surface area (Å²) >= 11 is 6.09. The number of rotatable bonds is 17. The number of benzene rings is 2. The van der Waals surface area contributed by atoms with Crippen LogP contribution in [0.1, 0.15) is 37.3 Å². The van der Waals surface area contributed by atoms with Crippen LogP contribution in [0.3, 0.4) is 0 Å². The second-order valence-electron chi connectivity index (χ2n) is 12.5. The molecule has 3 rings (SSSR count). The summed E-state index contributed by atoms with van der Waals surface area (Å²) in [6, 6.07) is 12.7. The van der Waals surface area contributed by atoms with Crippen LogP contribution in [0, 0.1) is 5.92 Å². The molecule has 0 spiro atoms. The van der Waals surface area contributed by atoms with Crippen LogP contribution in [0.2, 0.25) is 5.02 Å². The topological polar surface area (TPSA) is 181 Å². The average Bonchev–Trinajstić information content (AvgIpc) is 3.07. The van der Waals surface area contributed by atoms with Crippen molar-refractivity contribution in [3.63, 3.8) is 0 Å². The van der Waals surface area contributed by atoms with Crippen LogP contribution in [0.4, 0.5) is 0 Å². The Balaban J connectivity index is 1.79. The number of halogens is 1. The molecule has 0 bridgehead atoms. The number of nitrogens with one attached hydrogen (secondary N) is 2. The molecule has 49 heavy (non-hydrogen) atoms. The number of carboxylic acids is 1. The minimum Gasteiger partial charge on any atom is -0.481 e. The van der Waals surface area contributed by atoms with Crippen molar-refractivity contribution < 1.29 is 38.6 Å². The quantitative estimate of drug-likeness (QED) is 0.191. The molecular formula is C35H48ClN5O8. The van der Waals surface area contributed by atoms with Gasteiger partial charge in [0.25, 0.3) is 0 Å². The molecule has 1 heterocycles. The third kappa shape index (κ3) is 12.1. The van der Waals surface area contributed by atoms with Crippen LogP contribution in [0.5, 0.6) is 0 Å². The zero-order chi connectivity index (χ0) is 36.1. The Hall–Kier alpha value is -4.04. The van der Waals surface area contributed by atoms with Crippen molar-refractivity contribution in [2.75, 3.05) is 41.0 Å². The molecule has 0 aliphatic carbocycles. The van der Waals surface area contributed by atoms with Crippen molar-refractivity contribution in [1.29, 1.82) is 0 Å². The normalized spacial score (nSPS) is 18.3. The van der Waals surface area contributed by atoms with E-state index in [1.165, 1.54) is 23.8 Å². The maximum Gasteiger partial charge on any atom is 0.304 e. The first-order chi connectivity index (χ1) is 23.3. The first-order valence-corrected chi connectivity index (χ1v) is 16.6. The van der Waals surface area contributed by atoms with Gasteiger partial charge in [-0.15, -0.1) is 0 Å². The maximum absolute atomic E-state index is 13.7. The lowest BCUT2D eigenvalue weighted by atomic mass is 9.92. The molecule has 1 aliphatic heterocycles. The summed E-state index contributed by atoms with van der Waals surface area (Å²) in [5.74, 6) is -3.57. The number of carboxylic acid groups (broad SMARTS) is 1. The molecule has 5 N–H and O–H groups in total. The minimum atomic E-state index is -1.07. The van der Waals surface area contributed by atoms with E-state index in [-0.39, 0.29) is 44.3 Å². The largest absolute Gasteiger partial charge is 0.481 e. The van der Waals surface area contributed by atoms with Crippen LogP contribution in [0.15, 0.2) is 54.6 Å². The molecule has 14 heteroatoms. The summed E-state index contributed by atoms with van der Waals surface area (Å²) in [5, 5.41) is 15.7. The Morgan fingerprint density at radius 1 is 1.00 bits per heavy atom. The molecule has 2 aromatic carbocycles. The fourth-order valence-electron chi connectivity index (χ4n) is 5.92. The monoisotopic (exact) mass is 701 g/mol. The van der Waals surface area contributed by atoms with E-state index < -0.39 is 53.9 Å². The predicted molar refractivity (Wildman–Crippen MR) is 184 cm³/mol. The molecule has 2 aromatic rings. The summed E-state index contributed by atoms with van der Waals surface area (Å²) in [7, 11) is 4.59. The second kappa shape index (κ2) is 19.2. The average molecular weight is 702 g/mol. The van der Waals surface area contributed by atoms with Gasteiger partial charge in [0, 0.05) is 45.3 Å². The van der Waals surface area contributed by atoms with Gasteiger partial charge in [0.15, 0.2) is 0 Å². The van der Waals surface area contributed by atoms with E-state index in [0.29, 0.717) is 24.5 Å². The lowest BCUT2D eigenvalue weighted by Gasteiger charge is -2.40. The number of carbonyl (C=O) groups is 5. The summed E-state index contributed by atoms with van der Waals surface area (Å²) in [6.45, 7) is 1.91. The Labute approximate surface area is 292 Å². The predicted octanol–water partition coefficient (Wildman–Crippen LogP) is 1.64. The number of amides is 4. The van der Waals surface area contributed by atoms with Crippen LogP contribution >= 0.6 is 11.6 Å². The first-order valence-electron chi connectivity index (χ1n) is 16.3. The van der Waals surface area contributed by atoms with E-state index in [9.17, 15) is 29.1 Å².